The van der Waals surface area contributed by atoms with E-state index < -0.39 is 6.10 Å². The minimum atomic E-state index is -0.765. The summed E-state index contributed by atoms with van der Waals surface area (Å²) in [6.07, 6.45) is 77.5. The fourth-order valence-corrected chi connectivity index (χ4v) is 9.92. The molecule has 0 aliphatic rings. The summed E-state index contributed by atoms with van der Waals surface area (Å²) in [5, 5.41) is 0. The third kappa shape index (κ3) is 60.5. The van der Waals surface area contributed by atoms with Crippen LogP contribution in [0, 0.1) is 0 Å². The predicted molar refractivity (Wildman–Crippen MR) is 321 cm³/mol. The van der Waals surface area contributed by atoms with Crippen LogP contribution in [-0.4, -0.2) is 37.2 Å². The van der Waals surface area contributed by atoms with E-state index in [1.807, 2.05) is 0 Å². The quantitative estimate of drug-likeness (QED) is 0.0261. The van der Waals surface area contributed by atoms with Crippen LogP contribution in [0.2, 0.25) is 0 Å². The summed E-state index contributed by atoms with van der Waals surface area (Å²) in [7, 11) is 0. The molecule has 0 bridgehead atoms. The van der Waals surface area contributed by atoms with Gasteiger partial charge in [-0.25, -0.2) is 0 Å². The van der Waals surface area contributed by atoms with Gasteiger partial charge in [0.1, 0.15) is 13.2 Å². The van der Waals surface area contributed by atoms with E-state index in [4.69, 9.17) is 14.2 Å². The van der Waals surface area contributed by atoms with E-state index in [1.54, 1.807) is 0 Å². The average Bonchev–Trinajstić information content (AvgIpc) is 3.40. The maximum Gasteiger partial charge on any atom is 0.306 e. The number of hydrogen-bond acceptors (Lipinski definition) is 6. The number of hydrogen-bond donors (Lipinski definition) is 0. The van der Waals surface area contributed by atoms with Crippen LogP contribution in [-0.2, 0) is 28.6 Å². The zero-order valence-corrected chi connectivity index (χ0v) is 49.9. The molecule has 434 valence electrons. The Morgan fingerprint density at radius 3 is 0.757 bits per heavy atom. The number of carbonyl (C=O) groups excluding carboxylic acids is 3. The number of carbonyl (C=O) groups is 3. The second-order valence-corrected chi connectivity index (χ2v) is 22.4. The van der Waals surface area contributed by atoms with E-state index in [2.05, 4.69) is 57.2 Å². The summed E-state index contributed by atoms with van der Waals surface area (Å²) in [6.45, 7) is 6.66. The summed E-state index contributed by atoms with van der Waals surface area (Å²) in [6, 6.07) is 0. The van der Waals surface area contributed by atoms with Gasteiger partial charge in [-0.1, -0.05) is 320 Å². The van der Waals surface area contributed by atoms with Gasteiger partial charge in [-0.3, -0.25) is 14.4 Å². The zero-order chi connectivity index (χ0) is 53.6. The number of esters is 3. The highest BCUT2D eigenvalue weighted by Crippen LogP contribution is 2.18. The van der Waals surface area contributed by atoms with Crippen LogP contribution in [0.1, 0.15) is 361 Å². The lowest BCUT2D eigenvalue weighted by atomic mass is 10.0. The molecule has 0 amide bonds. The van der Waals surface area contributed by atoms with Crippen molar-refractivity contribution in [3.8, 4) is 0 Å². The van der Waals surface area contributed by atoms with E-state index in [0.29, 0.717) is 19.3 Å². The van der Waals surface area contributed by atoms with Crippen LogP contribution >= 0.6 is 0 Å². The molecule has 0 rings (SSSR count). The monoisotopic (exact) mass is 1040 g/mol. The second kappa shape index (κ2) is 63.2. The lowest BCUT2D eigenvalue weighted by molar-refractivity contribution is -0.167. The molecule has 6 heteroatoms. The van der Waals surface area contributed by atoms with Crippen molar-refractivity contribution in [1.82, 2.24) is 0 Å². The Morgan fingerprint density at radius 1 is 0.270 bits per heavy atom. The van der Waals surface area contributed by atoms with Gasteiger partial charge in [0.15, 0.2) is 6.10 Å². The third-order valence-electron chi connectivity index (χ3n) is 14.9. The Bertz CT molecular complexity index is 1240. The molecule has 1 unspecified atom stereocenters. The van der Waals surface area contributed by atoms with Crippen LogP contribution in [0.15, 0.2) is 36.5 Å². The first-order chi connectivity index (χ1) is 36.5. The van der Waals surface area contributed by atoms with Crippen molar-refractivity contribution in [1.29, 1.82) is 0 Å². The third-order valence-corrected chi connectivity index (χ3v) is 14.9. The van der Waals surface area contributed by atoms with Crippen LogP contribution in [0.3, 0.4) is 0 Å². The Hall–Kier alpha value is -2.37. The van der Waals surface area contributed by atoms with Gasteiger partial charge >= 0.3 is 17.9 Å². The van der Waals surface area contributed by atoms with E-state index in [1.165, 1.54) is 250 Å². The van der Waals surface area contributed by atoms with Gasteiger partial charge in [-0.05, 0) is 57.8 Å². The molecule has 0 aliphatic heterocycles. The predicted octanol–water partition coefficient (Wildman–Crippen LogP) is 22.4. The fourth-order valence-electron chi connectivity index (χ4n) is 9.92. The first kappa shape index (κ1) is 71.6. The number of rotatable bonds is 61. The van der Waals surface area contributed by atoms with Gasteiger partial charge in [-0.15, -0.1) is 0 Å². The van der Waals surface area contributed by atoms with Crippen LogP contribution < -0.4 is 0 Å². The smallest absolute Gasteiger partial charge is 0.306 e. The summed E-state index contributed by atoms with van der Waals surface area (Å²) in [5.74, 6) is -0.843. The van der Waals surface area contributed by atoms with Gasteiger partial charge in [0.2, 0.25) is 0 Å². The van der Waals surface area contributed by atoms with Gasteiger partial charge in [0.25, 0.3) is 0 Å². The molecule has 1 atom stereocenters. The molecular weight excluding hydrogens is 913 g/mol. The highest BCUT2D eigenvalue weighted by atomic mass is 16.6. The van der Waals surface area contributed by atoms with Crippen molar-refractivity contribution in [2.75, 3.05) is 13.2 Å². The molecular formula is C68H126O6. The molecule has 0 spiro atoms. The molecule has 0 aromatic rings. The molecule has 6 nitrogen and oxygen atoms in total. The van der Waals surface area contributed by atoms with Gasteiger partial charge in [0.05, 0.1) is 0 Å². The Kier molecular flexibility index (Phi) is 61.1. The largest absolute Gasteiger partial charge is 0.462 e. The maximum absolute atomic E-state index is 12.8. The van der Waals surface area contributed by atoms with Crippen molar-refractivity contribution in [3.05, 3.63) is 36.5 Å². The average molecular weight is 1040 g/mol. The normalized spacial score (nSPS) is 12.2. The minimum Gasteiger partial charge on any atom is -0.462 e. The van der Waals surface area contributed by atoms with E-state index in [-0.39, 0.29) is 31.1 Å². The molecule has 0 aromatic carbocycles. The lowest BCUT2D eigenvalue weighted by Crippen LogP contribution is -2.30. The number of unbranched alkanes of at least 4 members (excludes halogenated alkanes) is 44. The number of ether oxygens (including phenoxy) is 3. The lowest BCUT2D eigenvalue weighted by Gasteiger charge is -2.18. The molecule has 0 fully saturated rings. The molecule has 0 heterocycles. The highest BCUT2D eigenvalue weighted by Gasteiger charge is 2.19. The molecule has 0 aromatic heterocycles. The van der Waals surface area contributed by atoms with Gasteiger partial charge in [0, 0.05) is 19.3 Å². The fraction of sp³-hybridized carbons (Fsp3) is 0.868. The standard InChI is InChI=1S/C68H126O6/c1-4-7-10-13-16-19-22-24-25-26-27-28-29-30-31-32-33-34-35-36-37-38-39-40-41-42-43-45-46-49-52-55-58-61-67(70)73-64-65(63-72-66(69)60-57-54-51-48-21-18-15-12-9-6-3)74-68(71)62-59-56-53-50-47-44-23-20-17-14-11-8-5-2/h22,24,26-27,29-30,65H,4-21,23,25,28,31-64H2,1-3H3/b24-22-,27-26-,30-29-. The van der Waals surface area contributed by atoms with Gasteiger partial charge in [-0.2, -0.15) is 0 Å². The van der Waals surface area contributed by atoms with Crippen molar-refractivity contribution < 1.29 is 28.6 Å². The summed E-state index contributed by atoms with van der Waals surface area (Å²) in [5.41, 5.74) is 0. The molecule has 74 heavy (non-hydrogen) atoms. The SMILES string of the molecule is CCCCCCC/C=C\C/C=C\C/C=C\CCCCCCCCCCCCCCCCCCCCC(=O)OCC(COC(=O)CCCCCCCCCCCC)OC(=O)CCCCCCCCCCCCCCC. The molecule has 0 saturated heterocycles. The van der Waals surface area contributed by atoms with E-state index >= 15 is 0 Å². The topological polar surface area (TPSA) is 78.9 Å². The summed E-state index contributed by atoms with van der Waals surface area (Å²) >= 11 is 0. The van der Waals surface area contributed by atoms with E-state index in [9.17, 15) is 14.4 Å². The first-order valence-electron chi connectivity index (χ1n) is 33.0. The Labute approximate surface area is 461 Å². The number of allylic oxidation sites excluding steroid dienone is 6. The van der Waals surface area contributed by atoms with Crippen molar-refractivity contribution in [3.63, 3.8) is 0 Å². The Morgan fingerprint density at radius 2 is 0.486 bits per heavy atom. The van der Waals surface area contributed by atoms with Crippen LogP contribution in [0.25, 0.3) is 0 Å². The van der Waals surface area contributed by atoms with Crippen LogP contribution in [0.4, 0.5) is 0 Å². The molecule has 0 N–H and O–H groups in total. The minimum absolute atomic E-state index is 0.0651. The van der Waals surface area contributed by atoms with E-state index in [0.717, 1.165) is 70.6 Å². The Balaban J connectivity index is 4.01. The van der Waals surface area contributed by atoms with Crippen molar-refractivity contribution in [2.45, 2.75) is 367 Å². The highest BCUT2D eigenvalue weighted by molar-refractivity contribution is 5.71. The van der Waals surface area contributed by atoms with Crippen LogP contribution in [0.5, 0.6) is 0 Å². The van der Waals surface area contributed by atoms with Gasteiger partial charge < -0.3 is 14.2 Å². The molecule has 0 saturated carbocycles. The summed E-state index contributed by atoms with van der Waals surface area (Å²) < 4.78 is 16.9. The summed E-state index contributed by atoms with van der Waals surface area (Å²) in [4.78, 5) is 38.1. The second-order valence-electron chi connectivity index (χ2n) is 22.4. The first-order valence-corrected chi connectivity index (χ1v) is 33.0. The maximum atomic E-state index is 12.8. The zero-order valence-electron chi connectivity index (χ0n) is 49.9. The van der Waals surface area contributed by atoms with Crippen molar-refractivity contribution in [2.24, 2.45) is 0 Å². The molecule has 0 radical (unpaired) electrons. The molecule has 0 aliphatic carbocycles. The van der Waals surface area contributed by atoms with Crippen molar-refractivity contribution >= 4 is 17.9 Å².